The molecule has 2 aliphatic carbocycles. The van der Waals surface area contributed by atoms with E-state index in [-0.39, 0.29) is 18.3 Å². The average molecular weight is 210 g/mol. The Morgan fingerprint density at radius 2 is 2.20 bits per heavy atom. The molecule has 0 spiro atoms. The predicted octanol–water partition coefficient (Wildman–Crippen LogP) is 3.01. The van der Waals surface area contributed by atoms with Crippen LogP contribution in [0.25, 0.3) is 0 Å². The number of allylic oxidation sites excluding steroid dienone is 1. The number of aliphatic hydroxyl groups excluding tert-OH is 1. The molecule has 0 aromatic carbocycles. The van der Waals surface area contributed by atoms with Crippen LogP contribution in [0.15, 0.2) is 11.1 Å². The van der Waals surface area contributed by atoms with E-state index in [2.05, 4.69) is 13.8 Å². The SMILES string of the molecule is CC1=C2CCCC(OCO)C2(C)CCC1. The number of hydrogen-bond donors (Lipinski definition) is 1. The molecule has 0 bridgehead atoms. The summed E-state index contributed by atoms with van der Waals surface area (Å²) < 4.78 is 5.52. The van der Waals surface area contributed by atoms with E-state index in [4.69, 9.17) is 9.84 Å². The van der Waals surface area contributed by atoms with Crippen molar-refractivity contribution < 1.29 is 9.84 Å². The Balaban J connectivity index is 2.27. The smallest absolute Gasteiger partial charge is 0.143 e. The molecule has 2 atom stereocenters. The maximum absolute atomic E-state index is 8.95. The molecule has 0 heterocycles. The Hall–Kier alpha value is -0.340. The Bertz CT molecular complexity index is 268. The minimum absolute atomic E-state index is 0.132. The fourth-order valence-electron chi connectivity index (χ4n) is 3.50. The quantitative estimate of drug-likeness (QED) is 0.561. The van der Waals surface area contributed by atoms with Gasteiger partial charge in [-0.25, -0.2) is 0 Å². The van der Waals surface area contributed by atoms with E-state index in [1.165, 1.54) is 32.1 Å². The van der Waals surface area contributed by atoms with E-state index in [9.17, 15) is 0 Å². The van der Waals surface area contributed by atoms with Gasteiger partial charge in [-0.1, -0.05) is 18.1 Å². The first-order valence-electron chi connectivity index (χ1n) is 6.10. The van der Waals surface area contributed by atoms with Crippen LogP contribution < -0.4 is 0 Å². The van der Waals surface area contributed by atoms with Crippen LogP contribution in [0, 0.1) is 5.41 Å². The molecule has 1 N–H and O–H groups in total. The number of rotatable bonds is 2. The van der Waals surface area contributed by atoms with E-state index >= 15 is 0 Å². The summed E-state index contributed by atoms with van der Waals surface area (Å²) in [5, 5.41) is 8.95. The lowest BCUT2D eigenvalue weighted by molar-refractivity contribution is -0.105. The summed E-state index contributed by atoms with van der Waals surface area (Å²) in [7, 11) is 0. The van der Waals surface area contributed by atoms with Crippen molar-refractivity contribution in [1.82, 2.24) is 0 Å². The normalized spacial score (nSPS) is 36.6. The molecule has 2 rings (SSSR count). The van der Waals surface area contributed by atoms with Crippen LogP contribution >= 0.6 is 0 Å². The molecule has 0 aromatic heterocycles. The second kappa shape index (κ2) is 4.26. The van der Waals surface area contributed by atoms with Gasteiger partial charge in [-0.15, -0.1) is 0 Å². The first-order chi connectivity index (χ1) is 7.18. The van der Waals surface area contributed by atoms with Crippen molar-refractivity contribution in [3.8, 4) is 0 Å². The first kappa shape index (κ1) is 11.2. The predicted molar refractivity (Wildman–Crippen MR) is 60.5 cm³/mol. The molecule has 1 fully saturated rings. The van der Waals surface area contributed by atoms with Crippen LogP contribution in [0.3, 0.4) is 0 Å². The third kappa shape index (κ3) is 1.85. The molecular weight excluding hydrogens is 188 g/mol. The van der Waals surface area contributed by atoms with E-state index in [0.717, 1.165) is 6.42 Å². The minimum atomic E-state index is -0.132. The highest BCUT2D eigenvalue weighted by Crippen LogP contribution is 2.50. The van der Waals surface area contributed by atoms with Gasteiger partial charge in [0.2, 0.25) is 0 Å². The molecular formula is C13H22O2. The van der Waals surface area contributed by atoms with Crippen molar-refractivity contribution in [2.75, 3.05) is 6.79 Å². The lowest BCUT2D eigenvalue weighted by Gasteiger charge is -2.46. The highest BCUT2D eigenvalue weighted by atomic mass is 16.6. The Morgan fingerprint density at radius 3 is 2.93 bits per heavy atom. The van der Waals surface area contributed by atoms with E-state index in [1.807, 2.05) is 0 Å². The molecule has 0 saturated heterocycles. The molecule has 2 aliphatic rings. The van der Waals surface area contributed by atoms with Gasteiger partial charge >= 0.3 is 0 Å². The van der Waals surface area contributed by atoms with Crippen LogP contribution in [0.2, 0.25) is 0 Å². The van der Waals surface area contributed by atoms with Crippen molar-refractivity contribution >= 4 is 0 Å². The van der Waals surface area contributed by atoms with Crippen LogP contribution in [-0.4, -0.2) is 18.0 Å². The third-order valence-electron chi connectivity index (χ3n) is 4.33. The standard InChI is InChI=1S/C13H22O2/c1-10-5-4-8-13(2)11(10)6-3-7-12(13)15-9-14/h12,14H,3-9H2,1-2H3. The van der Waals surface area contributed by atoms with Crippen molar-refractivity contribution in [3.05, 3.63) is 11.1 Å². The Kier molecular flexibility index (Phi) is 3.17. The van der Waals surface area contributed by atoms with E-state index in [1.54, 1.807) is 11.1 Å². The summed E-state index contributed by atoms with van der Waals surface area (Å²) in [4.78, 5) is 0. The summed E-state index contributed by atoms with van der Waals surface area (Å²) in [5.41, 5.74) is 3.41. The number of aliphatic hydroxyl groups is 1. The van der Waals surface area contributed by atoms with Gasteiger partial charge in [0.05, 0.1) is 6.10 Å². The molecule has 0 amide bonds. The largest absolute Gasteiger partial charge is 0.371 e. The Labute approximate surface area is 92.3 Å². The summed E-state index contributed by atoms with van der Waals surface area (Å²) in [6, 6.07) is 0. The van der Waals surface area contributed by atoms with Crippen LogP contribution in [0.1, 0.15) is 52.4 Å². The van der Waals surface area contributed by atoms with Crippen LogP contribution in [-0.2, 0) is 4.74 Å². The molecule has 2 heteroatoms. The maximum atomic E-state index is 8.95. The third-order valence-corrected chi connectivity index (χ3v) is 4.33. The van der Waals surface area contributed by atoms with Gasteiger partial charge in [-0.2, -0.15) is 0 Å². The van der Waals surface area contributed by atoms with Gasteiger partial charge < -0.3 is 9.84 Å². The molecule has 1 saturated carbocycles. The lowest BCUT2D eigenvalue weighted by Crippen LogP contribution is -2.41. The number of fused-ring (bicyclic) bond motifs is 1. The fraction of sp³-hybridized carbons (Fsp3) is 0.846. The van der Waals surface area contributed by atoms with Gasteiger partial charge in [0.1, 0.15) is 6.79 Å². The zero-order chi connectivity index (χ0) is 10.9. The molecule has 0 radical (unpaired) electrons. The van der Waals surface area contributed by atoms with Crippen LogP contribution in [0.4, 0.5) is 0 Å². The summed E-state index contributed by atoms with van der Waals surface area (Å²) in [5.74, 6) is 0. The summed E-state index contributed by atoms with van der Waals surface area (Å²) in [6.45, 7) is 4.46. The molecule has 0 aromatic rings. The summed E-state index contributed by atoms with van der Waals surface area (Å²) in [6.07, 6.45) is 7.56. The van der Waals surface area contributed by atoms with Gasteiger partial charge in [0.15, 0.2) is 0 Å². The molecule has 2 unspecified atom stereocenters. The fourth-order valence-corrected chi connectivity index (χ4v) is 3.50. The molecule has 86 valence electrons. The lowest BCUT2D eigenvalue weighted by atomic mass is 9.62. The zero-order valence-electron chi connectivity index (χ0n) is 9.88. The zero-order valence-corrected chi connectivity index (χ0v) is 9.88. The van der Waals surface area contributed by atoms with Crippen molar-refractivity contribution in [1.29, 1.82) is 0 Å². The minimum Gasteiger partial charge on any atom is -0.371 e. The van der Waals surface area contributed by atoms with Crippen LogP contribution in [0.5, 0.6) is 0 Å². The van der Waals surface area contributed by atoms with E-state index < -0.39 is 0 Å². The van der Waals surface area contributed by atoms with Crippen molar-refractivity contribution in [2.45, 2.75) is 58.5 Å². The second-order valence-corrected chi connectivity index (χ2v) is 5.21. The number of ether oxygens (including phenoxy) is 1. The highest BCUT2D eigenvalue weighted by molar-refractivity contribution is 5.26. The van der Waals surface area contributed by atoms with Gasteiger partial charge in [0, 0.05) is 5.41 Å². The maximum Gasteiger partial charge on any atom is 0.143 e. The molecule has 2 nitrogen and oxygen atoms in total. The van der Waals surface area contributed by atoms with Gasteiger partial charge in [-0.05, 0) is 45.4 Å². The average Bonchev–Trinajstić information content (AvgIpc) is 2.20. The second-order valence-electron chi connectivity index (χ2n) is 5.21. The monoisotopic (exact) mass is 210 g/mol. The van der Waals surface area contributed by atoms with Crippen molar-refractivity contribution in [2.24, 2.45) is 5.41 Å². The highest BCUT2D eigenvalue weighted by Gasteiger charge is 2.42. The first-order valence-corrected chi connectivity index (χ1v) is 6.10. The summed E-state index contributed by atoms with van der Waals surface area (Å²) >= 11 is 0. The number of hydrogen-bond acceptors (Lipinski definition) is 2. The van der Waals surface area contributed by atoms with Gasteiger partial charge in [0.25, 0.3) is 0 Å². The van der Waals surface area contributed by atoms with Gasteiger partial charge in [-0.3, -0.25) is 0 Å². The van der Waals surface area contributed by atoms with E-state index in [0.29, 0.717) is 0 Å². The molecule has 0 aliphatic heterocycles. The topological polar surface area (TPSA) is 29.5 Å². The molecule has 15 heavy (non-hydrogen) atoms. The van der Waals surface area contributed by atoms with Crippen molar-refractivity contribution in [3.63, 3.8) is 0 Å². The Morgan fingerprint density at radius 1 is 1.40 bits per heavy atom.